The molecule has 0 spiro atoms. The van der Waals surface area contributed by atoms with E-state index in [4.69, 9.17) is 4.74 Å². The summed E-state index contributed by atoms with van der Waals surface area (Å²) in [4.78, 5) is 12.9. The fourth-order valence-electron chi connectivity index (χ4n) is 3.07. The standard InChI is InChI=1S/C20H18FN5O2/c1-13-24-26(20(27)25(13)12-14-3-5-16(21)6-4-14)17-7-8-18(19(9-17)28-2)15-10-22-23-11-15/h3-11H,12H2,1-2H3,(H,22,23). The van der Waals surface area contributed by atoms with Gasteiger partial charge in [0, 0.05) is 23.4 Å². The first-order chi connectivity index (χ1) is 13.6. The van der Waals surface area contributed by atoms with Crippen molar-refractivity contribution in [1.29, 1.82) is 0 Å². The first kappa shape index (κ1) is 17.7. The minimum absolute atomic E-state index is 0.278. The lowest BCUT2D eigenvalue weighted by Gasteiger charge is -2.09. The molecule has 4 rings (SSSR count). The summed E-state index contributed by atoms with van der Waals surface area (Å²) in [6, 6.07) is 11.5. The van der Waals surface area contributed by atoms with Gasteiger partial charge in [0.1, 0.15) is 17.4 Å². The van der Waals surface area contributed by atoms with E-state index in [1.165, 1.54) is 16.8 Å². The summed E-state index contributed by atoms with van der Waals surface area (Å²) in [5.74, 6) is 0.858. The molecular weight excluding hydrogens is 361 g/mol. The molecule has 2 heterocycles. The van der Waals surface area contributed by atoms with Gasteiger partial charge < -0.3 is 4.74 Å². The van der Waals surface area contributed by atoms with Gasteiger partial charge in [0.05, 0.1) is 25.5 Å². The minimum atomic E-state index is -0.312. The summed E-state index contributed by atoms with van der Waals surface area (Å²) in [7, 11) is 1.57. The van der Waals surface area contributed by atoms with Crippen molar-refractivity contribution in [3.05, 3.63) is 82.5 Å². The van der Waals surface area contributed by atoms with Gasteiger partial charge in [-0.3, -0.25) is 9.67 Å². The molecule has 0 atom stereocenters. The van der Waals surface area contributed by atoms with Gasteiger partial charge in [0.15, 0.2) is 0 Å². The van der Waals surface area contributed by atoms with E-state index in [0.717, 1.165) is 16.7 Å². The fourth-order valence-corrected chi connectivity index (χ4v) is 3.07. The van der Waals surface area contributed by atoms with Gasteiger partial charge in [-0.1, -0.05) is 12.1 Å². The zero-order valence-corrected chi connectivity index (χ0v) is 15.4. The maximum Gasteiger partial charge on any atom is 0.351 e. The number of benzene rings is 2. The van der Waals surface area contributed by atoms with E-state index in [1.54, 1.807) is 55.3 Å². The number of rotatable bonds is 5. The van der Waals surface area contributed by atoms with Crippen molar-refractivity contribution < 1.29 is 9.13 Å². The maximum atomic E-state index is 13.1. The first-order valence-corrected chi connectivity index (χ1v) is 8.65. The van der Waals surface area contributed by atoms with Gasteiger partial charge in [0.2, 0.25) is 0 Å². The van der Waals surface area contributed by atoms with E-state index in [9.17, 15) is 9.18 Å². The lowest BCUT2D eigenvalue weighted by molar-refractivity contribution is 0.416. The van der Waals surface area contributed by atoms with Crippen LogP contribution in [0.1, 0.15) is 11.4 Å². The molecule has 0 aliphatic carbocycles. The number of aromatic amines is 1. The predicted molar refractivity (Wildman–Crippen MR) is 102 cm³/mol. The van der Waals surface area contributed by atoms with Crippen LogP contribution in [-0.2, 0) is 6.54 Å². The molecule has 8 heteroatoms. The molecular formula is C20H18FN5O2. The number of aromatic nitrogens is 5. The summed E-state index contributed by atoms with van der Waals surface area (Å²) < 4.78 is 21.5. The third-order valence-corrected chi connectivity index (χ3v) is 4.54. The average molecular weight is 379 g/mol. The van der Waals surface area contributed by atoms with Crippen LogP contribution in [0.2, 0.25) is 0 Å². The smallest absolute Gasteiger partial charge is 0.351 e. The zero-order chi connectivity index (χ0) is 19.7. The third kappa shape index (κ3) is 3.20. The van der Waals surface area contributed by atoms with Gasteiger partial charge in [-0.2, -0.15) is 14.9 Å². The van der Waals surface area contributed by atoms with Gasteiger partial charge >= 0.3 is 5.69 Å². The highest BCUT2D eigenvalue weighted by Gasteiger charge is 2.15. The van der Waals surface area contributed by atoms with Crippen molar-refractivity contribution in [2.24, 2.45) is 0 Å². The molecule has 1 N–H and O–H groups in total. The van der Waals surface area contributed by atoms with Crippen LogP contribution in [0, 0.1) is 12.7 Å². The Hall–Kier alpha value is -3.68. The second-order valence-electron chi connectivity index (χ2n) is 6.33. The topological polar surface area (TPSA) is 77.7 Å². The summed E-state index contributed by atoms with van der Waals surface area (Å²) in [6.07, 6.45) is 3.47. The molecule has 2 aromatic heterocycles. The van der Waals surface area contributed by atoms with Crippen LogP contribution < -0.4 is 10.4 Å². The Kier molecular flexibility index (Phi) is 4.52. The number of H-pyrrole nitrogens is 1. The molecule has 0 fully saturated rings. The fraction of sp³-hybridized carbons (Fsp3) is 0.150. The van der Waals surface area contributed by atoms with Gasteiger partial charge in [-0.05, 0) is 36.8 Å². The van der Waals surface area contributed by atoms with Gasteiger partial charge in [-0.25, -0.2) is 9.18 Å². The Balaban J connectivity index is 1.72. The lowest BCUT2D eigenvalue weighted by atomic mass is 10.1. The van der Waals surface area contributed by atoms with Gasteiger partial charge in [-0.15, -0.1) is 0 Å². The highest BCUT2D eigenvalue weighted by atomic mass is 19.1. The van der Waals surface area contributed by atoms with Crippen molar-refractivity contribution in [2.75, 3.05) is 7.11 Å². The van der Waals surface area contributed by atoms with Crippen molar-refractivity contribution in [3.63, 3.8) is 0 Å². The molecule has 0 saturated heterocycles. The number of hydrogen-bond acceptors (Lipinski definition) is 4. The summed E-state index contributed by atoms with van der Waals surface area (Å²) in [5.41, 5.74) is 2.87. The van der Waals surface area contributed by atoms with Crippen LogP contribution in [0.5, 0.6) is 5.75 Å². The van der Waals surface area contributed by atoms with Crippen molar-refractivity contribution >= 4 is 0 Å². The van der Waals surface area contributed by atoms with Crippen molar-refractivity contribution in [1.82, 2.24) is 24.5 Å². The Bertz CT molecular complexity index is 1160. The highest BCUT2D eigenvalue weighted by molar-refractivity contribution is 5.71. The van der Waals surface area contributed by atoms with E-state index in [2.05, 4.69) is 15.3 Å². The van der Waals surface area contributed by atoms with E-state index >= 15 is 0 Å². The summed E-state index contributed by atoms with van der Waals surface area (Å²) in [6.45, 7) is 2.08. The van der Waals surface area contributed by atoms with E-state index < -0.39 is 0 Å². The molecule has 0 amide bonds. The predicted octanol–water partition coefficient (Wildman–Crippen LogP) is 2.93. The molecule has 0 aliphatic rings. The third-order valence-electron chi connectivity index (χ3n) is 4.54. The molecule has 142 valence electrons. The number of aryl methyl sites for hydroxylation is 1. The minimum Gasteiger partial charge on any atom is -0.496 e. The average Bonchev–Trinajstić information content (AvgIpc) is 3.33. The lowest BCUT2D eigenvalue weighted by Crippen LogP contribution is -2.24. The SMILES string of the molecule is COc1cc(-n2nc(C)n(Cc3ccc(F)cc3)c2=O)ccc1-c1cn[nH]c1. The van der Waals surface area contributed by atoms with Gasteiger partial charge in [0.25, 0.3) is 0 Å². The second kappa shape index (κ2) is 7.15. The molecule has 0 bridgehead atoms. The molecule has 7 nitrogen and oxygen atoms in total. The largest absolute Gasteiger partial charge is 0.496 e. The van der Waals surface area contributed by atoms with Crippen LogP contribution in [0.15, 0.2) is 59.7 Å². The highest BCUT2D eigenvalue weighted by Crippen LogP contribution is 2.30. The molecule has 0 saturated carbocycles. The molecule has 0 radical (unpaired) electrons. The number of nitrogens with zero attached hydrogens (tertiary/aromatic N) is 4. The Morgan fingerprint density at radius 1 is 1.18 bits per heavy atom. The molecule has 0 unspecified atom stereocenters. The first-order valence-electron chi connectivity index (χ1n) is 8.65. The number of nitrogens with one attached hydrogen (secondary N) is 1. The molecule has 2 aromatic carbocycles. The van der Waals surface area contributed by atoms with Crippen LogP contribution in [0.4, 0.5) is 4.39 Å². The van der Waals surface area contributed by atoms with Crippen LogP contribution in [0.3, 0.4) is 0 Å². The van der Waals surface area contributed by atoms with Crippen molar-refractivity contribution in [3.8, 4) is 22.6 Å². The van der Waals surface area contributed by atoms with E-state index in [1.807, 2.05) is 6.07 Å². The molecule has 28 heavy (non-hydrogen) atoms. The van der Waals surface area contributed by atoms with Crippen molar-refractivity contribution in [2.45, 2.75) is 13.5 Å². The number of halogens is 1. The Labute approximate surface area is 160 Å². The summed E-state index contributed by atoms with van der Waals surface area (Å²) in [5, 5.41) is 11.1. The monoisotopic (exact) mass is 379 g/mol. The van der Waals surface area contributed by atoms with E-state index in [0.29, 0.717) is 23.8 Å². The number of hydrogen-bond donors (Lipinski definition) is 1. The number of ether oxygens (including phenoxy) is 1. The zero-order valence-electron chi connectivity index (χ0n) is 15.4. The summed E-state index contributed by atoms with van der Waals surface area (Å²) >= 11 is 0. The Morgan fingerprint density at radius 2 is 1.96 bits per heavy atom. The normalized spacial score (nSPS) is 11.0. The quantitative estimate of drug-likeness (QED) is 0.578. The molecule has 4 aromatic rings. The Morgan fingerprint density at radius 3 is 2.64 bits per heavy atom. The number of methoxy groups -OCH3 is 1. The maximum absolute atomic E-state index is 13.1. The van der Waals surface area contributed by atoms with Crippen LogP contribution in [0.25, 0.3) is 16.8 Å². The van der Waals surface area contributed by atoms with Crippen LogP contribution >= 0.6 is 0 Å². The second-order valence-corrected chi connectivity index (χ2v) is 6.33. The molecule has 0 aliphatic heterocycles. The van der Waals surface area contributed by atoms with Crippen LogP contribution in [-0.4, -0.2) is 31.7 Å². The van der Waals surface area contributed by atoms with E-state index in [-0.39, 0.29) is 11.5 Å².